The summed E-state index contributed by atoms with van der Waals surface area (Å²) < 4.78 is 0. The first-order chi connectivity index (χ1) is 3.00. The van der Waals surface area contributed by atoms with E-state index in [0.717, 1.165) is 0 Å². The molecule has 0 aromatic carbocycles. The third kappa shape index (κ3) is 22.5. The van der Waals surface area contributed by atoms with Crippen molar-refractivity contribution < 1.29 is 0 Å². The lowest BCUT2D eigenvalue weighted by atomic mass is 10.5. The molecule has 0 fully saturated rings. The van der Waals surface area contributed by atoms with Crippen LogP contribution < -0.4 is 0 Å². The van der Waals surface area contributed by atoms with Crippen molar-refractivity contribution in [3.05, 3.63) is 30.6 Å². The van der Waals surface area contributed by atoms with Crippen LogP contribution in [0, 0.1) is 0 Å². The van der Waals surface area contributed by atoms with Crippen molar-refractivity contribution in [1.29, 1.82) is 0 Å². The van der Waals surface area contributed by atoms with E-state index in [1.807, 2.05) is 18.2 Å². The average molecular weight is 284 g/mol. The molecule has 1 unspecified atom stereocenters. The largest absolute Gasteiger partial charge is 0.265 e. The average Bonchev–Trinajstić information content (AvgIpc) is 1.72. The second-order valence-electron chi connectivity index (χ2n) is 1.02. The monoisotopic (exact) mass is 283 g/mol. The maximum absolute atomic E-state index is 3.78. The van der Waals surface area contributed by atoms with Gasteiger partial charge < -0.3 is 0 Å². The highest BCUT2D eigenvalue weighted by atomic mass is 32.1. The first kappa shape index (κ1) is 37.7. The summed E-state index contributed by atoms with van der Waals surface area (Å²) in [7, 11) is 0. The van der Waals surface area contributed by atoms with E-state index in [1.165, 1.54) is 0 Å². The van der Waals surface area contributed by atoms with Gasteiger partial charge in [0.05, 0.1) is 0 Å². The van der Waals surface area contributed by atoms with Crippen molar-refractivity contribution in [1.82, 2.24) is 4.98 Å². The van der Waals surface area contributed by atoms with Crippen LogP contribution in [0.3, 0.4) is 0 Å². The number of pyridine rings is 1. The second kappa shape index (κ2) is 29.5. The molecule has 0 N–H and O–H groups in total. The SMILES string of the molecule is P.S.S.S.S.S.c1ccncc1. The van der Waals surface area contributed by atoms with Crippen molar-refractivity contribution in [2.75, 3.05) is 0 Å². The van der Waals surface area contributed by atoms with Gasteiger partial charge in [-0.2, -0.15) is 77.4 Å². The number of hydrogen-bond donors (Lipinski definition) is 0. The minimum atomic E-state index is 0. The first-order valence-electron chi connectivity index (χ1n) is 1.85. The molecule has 0 aliphatic heterocycles. The fraction of sp³-hybridized carbons (Fsp3) is 0. The highest BCUT2D eigenvalue weighted by Gasteiger charge is 1.58. The topological polar surface area (TPSA) is 12.9 Å². The van der Waals surface area contributed by atoms with Gasteiger partial charge in [0.2, 0.25) is 0 Å². The zero-order chi connectivity index (χ0) is 4.24. The molecule has 7 heteroatoms. The molecule has 1 aromatic rings. The van der Waals surface area contributed by atoms with E-state index in [0.29, 0.717) is 0 Å². The van der Waals surface area contributed by atoms with Crippen molar-refractivity contribution in [2.45, 2.75) is 0 Å². The Morgan fingerprint density at radius 2 is 0.917 bits per heavy atom. The third-order valence-corrected chi connectivity index (χ3v) is 0.566. The van der Waals surface area contributed by atoms with E-state index in [1.54, 1.807) is 12.4 Å². The van der Waals surface area contributed by atoms with Crippen LogP contribution in [-0.4, -0.2) is 4.98 Å². The van der Waals surface area contributed by atoms with Crippen molar-refractivity contribution in [3.8, 4) is 0 Å². The van der Waals surface area contributed by atoms with Gasteiger partial charge in [0.1, 0.15) is 0 Å². The van der Waals surface area contributed by atoms with Crippen LogP contribution in [0.4, 0.5) is 0 Å². The fourth-order valence-electron chi connectivity index (χ4n) is 0.313. The van der Waals surface area contributed by atoms with Gasteiger partial charge in [-0.05, 0) is 12.1 Å². The Balaban J connectivity index is -0.0000000150. The predicted octanol–water partition coefficient (Wildman–Crippen LogP) is 1.70. The second-order valence-corrected chi connectivity index (χ2v) is 1.02. The minimum absolute atomic E-state index is 0. The number of rotatable bonds is 0. The van der Waals surface area contributed by atoms with Crippen LogP contribution in [0.25, 0.3) is 0 Å². The first-order valence-corrected chi connectivity index (χ1v) is 1.85. The smallest absolute Gasteiger partial charge is 0.0267 e. The molecule has 0 spiro atoms. The summed E-state index contributed by atoms with van der Waals surface area (Å²) in [6, 6.07) is 5.72. The van der Waals surface area contributed by atoms with Gasteiger partial charge >= 0.3 is 0 Å². The highest BCUT2D eigenvalue weighted by Crippen LogP contribution is 1.73. The van der Waals surface area contributed by atoms with Gasteiger partial charge in [0.25, 0.3) is 0 Å². The molecule has 1 atom stereocenters. The molecule has 0 saturated heterocycles. The quantitative estimate of drug-likeness (QED) is 0.661. The maximum atomic E-state index is 3.78. The normalized spacial score (nSPS) is 4.00. The molecule has 12 heavy (non-hydrogen) atoms. The standard InChI is InChI=1S/C5H5N.H3P.5H2S/c1-2-4-6-5-3-1;;;;;;/h1-5H;1H3;5*1H2. The zero-order valence-corrected chi connectivity index (χ0v) is 13.0. The molecular weight excluding hydrogens is 265 g/mol. The molecule has 1 aromatic heterocycles. The lowest BCUT2D eigenvalue weighted by molar-refractivity contribution is 1.33. The van der Waals surface area contributed by atoms with Crippen LogP contribution in [-0.2, 0) is 0 Å². The summed E-state index contributed by atoms with van der Waals surface area (Å²) >= 11 is 0. The van der Waals surface area contributed by atoms with E-state index in [9.17, 15) is 0 Å². The van der Waals surface area contributed by atoms with Gasteiger partial charge in [0.15, 0.2) is 0 Å². The summed E-state index contributed by atoms with van der Waals surface area (Å²) in [5.41, 5.74) is 0. The van der Waals surface area contributed by atoms with E-state index in [2.05, 4.69) is 4.98 Å². The lowest BCUT2D eigenvalue weighted by Crippen LogP contribution is -1.58. The van der Waals surface area contributed by atoms with Crippen molar-refractivity contribution in [2.24, 2.45) is 0 Å². The van der Waals surface area contributed by atoms with Crippen molar-refractivity contribution in [3.63, 3.8) is 0 Å². The number of nitrogens with zero attached hydrogens (tertiary/aromatic N) is 1. The third-order valence-electron chi connectivity index (χ3n) is 0.566. The number of hydrogen-bond acceptors (Lipinski definition) is 1. The van der Waals surface area contributed by atoms with Crippen LogP contribution in [0.1, 0.15) is 0 Å². The Hall–Kier alpha value is 1.33. The molecule has 0 saturated carbocycles. The molecule has 0 aliphatic carbocycles. The maximum Gasteiger partial charge on any atom is 0.0267 e. The molecule has 0 aliphatic rings. The van der Waals surface area contributed by atoms with Gasteiger partial charge in [-0.15, -0.1) is 0 Å². The summed E-state index contributed by atoms with van der Waals surface area (Å²) in [6.07, 6.45) is 3.50. The Labute approximate surface area is 112 Å². The Bertz CT molecular complexity index is 91.8. The van der Waals surface area contributed by atoms with E-state index in [-0.39, 0.29) is 77.4 Å². The minimum Gasteiger partial charge on any atom is -0.265 e. The summed E-state index contributed by atoms with van der Waals surface area (Å²) in [4.78, 5) is 3.78. The van der Waals surface area contributed by atoms with Gasteiger partial charge in [-0.25, -0.2) is 0 Å². The molecule has 0 amide bonds. The lowest BCUT2D eigenvalue weighted by Gasteiger charge is -1.70. The Morgan fingerprint density at radius 1 is 0.583 bits per heavy atom. The molecule has 0 bridgehead atoms. The predicted molar refractivity (Wildman–Crippen MR) is 87.2 cm³/mol. The number of aromatic nitrogens is 1. The Morgan fingerprint density at radius 3 is 1.00 bits per heavy atom. The van der Waals surface area contributed by atoms with Crippen LogP contribution >= 0.6 is 77.4 Å². The van der Waals surface area contributed by atoms with Crippen LogP contribution in [0.5, 0.6) is 0 Å². The molecule has 0 radical (unpaired) electrons. The molecule has 1 heterocycles. The molecule has 1 nitrogen and oxygen atoms in total. The summed E-state index contributed by atoms with van der Waals surface area (Å²) in [5, 5.41) is 0. The summed E-state index contributed by atoms with van der Waals surface area (Å²) in [6.45, 7) is 0. The van der Waals surface area contributed by atoms with Crippen molar-refractivity contribution >= 4 is 77.4 Å². The Kier molecular flexibility index (Phi) is 92.6. The van der Waals surface area contributed by atoms with E-state index in [4.69, 9.17) is 0 Å². The summed E-state index contributed by atoms with van der Waals surface area (Å²) in [5.74, 6) is 0. The molecule has 1 rings (SSSR count). The van der Waals surface area contributed by atoms with E-state index >= 15 is 0 Å². The van der Waals surface area contributed by atoms with Crippen LogP contribution in [0.15, 0.2) is 30.6 Å². The van der Waals surface area contributed by atoms with Gasteiger partial charge in [-0.3, -0.25) is 4.98 Å². The zero-order valence-electron chi connectivity index (χ0n) is 6.54. The van der Waals surface area contributed by atoms with E-state index < -0.39 is 0 Å². The van der Waals surface area contributed by atoms with Gasteiger partial charge in [0, 0.05) is 12.4 Å². The van der Waals surface area contributed by atoms with Crippen LogP contribution in [0.2, 0.25) is 0 Å². The molecule has 78 valence electrons. The van der Waals surface area contributed by atoms with Gasteiger partial charge in [-0.1, -0.05) is 6.07 Å². The highest BCUT2D eigenvalue weighted by molar-refractivity contribution is 7.60. The molecular formula is C5H18NPS5. The fourth-order valence-corrected chi connectivity index (χ4v) is 0.313.